The van der Waals surface area contributed by atoms with Gasteiger partial charge in [0.25, 0.3) is 0 Å². The van der Waals surface area contributed by atoms with Gasteiger partial charge in [-0.2, -0.15) is 4.99 Å². The van der Waals surface area contributed by atoms with E-state index in [2.05, 4.69) is 60.0 Å². The van der Waals surface area contributed by atoms with Crippen LogP contribution in [0.3, 0.4) is 0 Å². The van der Waals surface area contributed by atoms with Crippen LogP contribution in [0.2, 0.25) is 0 Å². The molecule has 4 aromatic rings. The standard InChI is InChI=1S/C34H37N5O3/c1-3-7-32-36-33-29(30-22-38(24-35-30)17-16-37-18-20-42-21-19-37)10-6-11-31(33)39(32,2)23-25-12-14-26(15-13-25)27-8-4-5-9-28(27)34(40)41/h4-6,8-15,22,24H,3,7,16-21,23H2,1-2H3/p+1. The van der Waals surface area contributed by atoms with Gasteiger partial charge in [0.15, 0.2) is 5.69 Å². The Morgan fingerprint density at radius 3 is 2.50 bits per heavy atom. The van der Waals surface area contributed by atoms with Crippen LogP contribution in [0.1, 0.15) is 35.7 Å². The van der Waals surface area contributed by atoms with Crippen molar-refractivity contribution in [2.24, 2.45) is 4.99 Å². The molecule has 8 heteroatoms. The highest BCUT2D eigenvalue weighted by molar-refractivity contribution is 6.05. The molecule has 216 valence electrons. The lowest BCUT2D eigenvalue weighted by Gasteiger charge is -2.31. The number of hydrogen-bond acceptors (Lipinski definition) is 5. The molecular weight excluding hydrogens is 526 g/mol. The number of benzene rings is 3. The minimum atomic E-state index is -0.917. The van der Waals surface area contributed by atoms with Gasteiger partial charge in [0.1, 0.15) is 12.2 Å². The fraction of sp³-hybridized carbons (Fsp3) is 0.324. The van der Waals surface area contributed by atoms with Gasteiger partial charge in [-0.05, 0) is 23.6 Å². The Hall–Kier alpha value is -4.11. The van der Waals surface area contributed by atoms with Crippen molar-refractivity contribution in [1.82, 2.24) is 18.9 Å². The molecule has 1 atom stereocenters. The Kier molecular flexibility index (Phi) is 8.02. The van der Waals surface area contributed by atoms with Crippen LogP contribution in [0.5, 0.6) is 0 Å². The van der Waals surface area contributed by atoms with Gasteiger partial charge in [0.2, 0.25) is 5.84 Å². The number of imidazole rings is 1. The number of aromatic nitrogens is 2. The molecule has 1 unspecified atom stereocenters. The van der Waals surface area contributed by atoms with Gasteiger partial charge in [0.05, 0.1) is 37.8 Å². The number of morpholine rings is 1. The summed E-state index contributed by atoms with van der Waals surface area (Å²) in [5.74, 6) is 0.228. The molecule has 0 bridgehead atoms. The summed E-state index contributed by atoms with van der Waals surface area (Å²) < 4.78 is 8.26. The highest BCUT2D eigenvalue weighted by Crippen LogP contribution is 2.47. The van der Waals surface area contributed by atoms with E-state index in [1.165, 1.54) is 11.3 Å². The summed E-state index contributed by atoms with van der Waals surface area (Å²) in [6.45, 7) is 8.42. The molecule has 1 fully saturated rings. The molecule has 0 radical (unpaired) electrons. The normalized spacial score (nSPS) is 18.6. The van der Waals surface area contributed by atoms with Crippen molar-refractivity contribution in [2.75, 3.05) is 39.9 Å². The molecule has 2 aliphatic heterocycles. The number of hydrogen-bond donors (Lipinski definition) is 1. The fourth-order valence-electron chi connectivity index (χ4n) is 6.11. The van der Waals surface area contributed by atoms with Crippen LogP contribution in [0, 0.1) is 0 Å². The van der Waals surface area contributed by atoms with E-state index in [1.807, 2.05) is 30.6 Å². The summed E-state index contributed by atoms with van der Waals surface area (Å²) in [6, 6.07) is 21.9. The van der Waals surface area contributed by atoms with E-state index in [0.29, 0.717) is 10.0 Å². The molecule has 6 rings (SSSR count). The lowest BCUT2D eigenvalue weighted by molar-refractivity contribution is 0.0364. The van der Waals surface area contributed by atoms with Gasteiger partial charge in [-0.3, -0.25) is 4.90 Å². The zero-order chi connectivity index (χ0) is 29.1. The second kappa shape index (κ2) is 12.0. The Morgan fingerprint density at radius 1 is 0.976 bits per heavy atom. The first-order valence-corrected chi connectivity index (χ1v) is 14.8. The number of ether oxygens (including phenoxy) is 1. The zero-order valence-electron chi connectivity index (χ0n) is 24.4. The van der Waals surface area contributed by atoms with Crippen LogP contribution in [0.15, 0.2) is 84.2 Å². The summed E-state index contributed by atoms with van der Waals surface area (Å²) >= 11 is 0. The van der Waals surface area contributed by atoms with E-state index in [1.54, 1.807) is 12.1 Å². The Labute approximate surface area is 247 Å². The number of quaternary nitrogens is 1. The smallest absolute Gasteiger partial charge is 0.336 e. The van der Waals surface area contributed by atoms with Gasteiger partial charge in [0, 0.05) is 56.0 Å². The van der Waals surface area contributed by atoms with Crippen molar-refractivity contribution in [2.45, 2.75) is 32.9 Å². The van der Waals surface area contributed by atoms with Gasteiger partial charge < -0.3 is 14.4 Å². The Bertz CT molecular complexity index is 1600. The molecule has 0 amide bonds. The number of amidine groups is 1. The van der Waals surface area contributed by atoms with E-state index >= 15 is 0 Å². The van der Waals surface area contributed by atoms with Gasteiger partial charge in [-0.15, -0.1) is 0 Å². The predicted octanol–water partition coefficient (Wildman–Crippen LogP) is 6.23. The van der Waals surface area contributed by atoms with Crippen LogP contribution in [-0.4, -0.2) is 71.3 Å². The second-order valence-corrected chi connectivity index (χ2v) is 11.3. The number of carbonyl (C=O) groups is 1. The molecule has 0 aliphatic carbocycles. The summed E-state index contributed by atoms with van der Waals surface area (Å²) in [5, 5.41) is 9.64. The van der Waals surface area contributed by atoms with E-state index in [-0.39, 0.29) is 0 Å². The third-order valence-corrected chi connectivity index (χ3v) is 8.44. The van der Waals surface area contributed by atoms with Crippen molar-refractivity contribution in [3.05, 3.63) is 90.4 Å². The summed E-state index contributed by atoms with van der Waals surface area (Å²) in [6.07, 6.45) is 5.99. The lowest BCUT2D eigenvalue weighted by Crippen LogP contribution is -2.47. The highest BCUT2D eigenvalue weighted by atomic mass is 16.5. The van der Waals surface area contributed by atoms with Gasteiger partial charge in [-0.25, -0.2) is 14.3 Å². The number of para-hydroxylation sites is 1. The highest BCUT2D eigenvalue weighted by Gasteiger charge is 2.41. The van der Waals surface area contributed by atoms with Gasteiger partial charge >= 0.3 is 5.97 Å². The van der Waals surface area contributed by atoms with Gasteiger partial charge in [-0.1, -0.05) is 61.5 Å². The van der Waals surface area contributed by atoms with Crippen LogP contribution >= 0.6 is 0 Å². The number of fused-ring (bicyclic) bond motifs is 1. The largest absolute Gasteiger partial charge is 0.478 e. The molecule has 8 nitrogen and oxygen atoms in total. The molecule has 1 N–H and O–H groups in total. The third-order valence-electron chi connectivity index (χ3n) is 8.44. The van der Waals surface area contributed by atoms with Crippen LogP contribution in [-0.2, 0) is 17.8 Å². The maximum absolute atomic E-state index is 11.8. The monoisotopic (exact) mass is 564 g/mol. The molecular formula is C34H38N5O3+. The minimum absolute atomic E-state index is 0.311. The third kappa shape index (κ3) is 5.53. The van der Waals surface area contributed by atoms with Crippen molar-refractivity contribution in [3.63, 3.8) is 0 Å². The molecule has 0 spiro atoms. The maximum atomic E-state index is 11.8. The molecule has 0 saturated carbocycles. The molecule has 3 heterocycles. The van der Waals surface area contributed by atoms with Crippen molar-refractivity contribution in [1.29, 1.82) is 0 Å². The van der Waals surface area contributed by atoms with E-state index in [4.69, 9.17) is 14.7 Å². The SMILES string of the molecule is CCCC1=Nc2c(-c3cn(CCN4CCOCC4)cn3)cccc2[N+]1(C)Cc1ccc(-c2ccccc2C(=O)O)cc1. The molecule has 1 saturated heterocycles. The number of rotatable bonds is 10. The first-order valence-electron chi connectivity index (χ1n) is 14.8. The number of carboxylic acids is 1. The van der Waals surface area contributed by atoms with Crippen molar-refractivity contribution >= 4 is 23.2 Å². The maximum Gasteiger partial charge on any atom is 0.336 e. The molecule has 3 aromatic carbocycles. The number of aromatic carboxylic acids is 1. The number of aliphatic imine (C=N–C) groups is 1. The Morgan fingerprint density at radius 2 is 1.74 bits per heavy atom. The number of nitrogens with zero attached hydrogens (tertiary/aromatic N) is 5. The van der Waals surface area contributed by atoms with Crippen molar-refractivity contribution in [3.8, 4) is 22.4 Å². The average Bonchev–Trinajstić information content (AvgIpc) is 3.60. The van der Waals surface area contributed by atoms with Crippen molar-refractivity contribution < 1.29 is 14.6 Å². The second-order valence-electron chi connectivity index (χ2n) is 11.3. The first-order chi connectivity index (χ1) is 20.5. The van der Waals surface area contributed by atoms with Crippen LogP contribution in [0.4, 0.5) is 11.4 Å². The molecule has 1 aromatic heterocycles. The average molecular weight is 565 g/mol. The summed E-state index contributed by atoms with van der Waals surface area (Å²) in [7, 11) is 2.25. The topological polar surface area (TPSA) is 80.0 Å². The van der Waals surface area contributed by atoms with Crippen LogP contribution < -0.4 is 4.48 Å². The molecule has 42 heavy (non-hydrogen) atoms. The first kappa shape index (κ1) is 28.0. The van der Waals surface area contributed by atoms with E-state index in [0.717, 1.165) is 92.7 Å². The summed E-state index contributed by atoms with van der Waals surface area (Å²) in [5.41, 5.74) is 7.31. The minimum Gasteiger partial charge on any atom is -0.478 e. The lowest BCUT2D eigenvalue weighted by atomic mass is 9.98. The number of carboxylic acid groups (broad SMARTS) is 1. The van der Waals surface area contributed by atoms with E-state index in [9.17, 15) is 9.90 Å². The summed E-state index contributed by atoms with van der Waals surface area (Å²) in [4.78, 5) is 24.2. The quantitative estimate of drug-likeness (QED) is 0.231. The molecule has 2 aliphatic rings. The predicted molar refractivity (Wildman–Crippen MR) is 167 cm³/mol. The Balaban J connectivity index is 1.26. The van der Waals surface area contributed by atoms with E-state index < -0.39 is 5.97 Å². The fourth-order valence-corrected chi connectivity index (χ4v) is 6.11. The zero-order valence-corrected chi connectivity index (χ0v) is 24.4. The van der Waals surface area contributed by atoms with Crippen LogP contribution in [0.25, 0.3) is 22.4 Å².